The average molecular weight is 984 g/mol. The second kappa shape index (κ2) is 30.4. The quantitative estimate of drug-likeness (QED) is 0.0511. The number of hydrogen-bond donors (Lipinski definition) is 2. The number of carbonyl (C=O) groups excluding carboxylic acids is 2. The highest BCUT2D eigenvalue weighted by Gasteiger charge is 2.30. The van der Waals surface area contributed by atoms with Crippen molar-refractivity contribution in [3.05, 3.63) is 94.5 Å². The summed E-state index contributed by atoms with van der Waals surface area (Å²) in [7, 11) is 1.62. The minimum absolute atomic E-state index is 0.0250. The van der Waals surface area contributed by atoms with E-state index in [1.165, 1.54) is 0 Å². The molecule has 69 heavy (non-hydrogen) atoms. The zero-order valence-corrected chi connectivity index (χ0v) is 41.1. The Bertz CT molecular complexity index is 2150. The molecule has 0 unspecified atom stereocenters. The zero-order chi connectivity index (χ0) is 49.1. The summed E-state index contributed by atoms with van der Waals surface area (Å²) < 4.78 is 62.6. The highest BCUT2D eigenvalue weighted by atomic mass is 35.5. The molecule has 1 aromatic heterocycles. The number of methoxy groups -OCH3 is 1. The van der Waals surface area contributed by atoms with Gasteiger partial charge in [0.1, 0.15) is 35.6 Å². The molecule has 1 aliphatic rings. The SMILES string of the molecule is COc1ccc2c(c1)C(c1ccc(Cl)cc1)=N[C@H](CC(=O)Nc1ccc(OCCOCCOCCOCCOCCOCCOCCOCCOCCNC(=O)OC(C)(C)C)cc1)c1nnc(C)n1-2. The molecule has 0 spiro atoms. The molecule has 0 radical (unpaired) electrons. The number of amides is 2. The number of alkyl carbamates (subject to hydrolysis) is 1. The molecule has 0 fully saturated rings. The summed E-state index contributed by atoms with van der Waals surface area (Å²) in [4.78, 5) is 30.2. The number of rotatable bonds is 33. The number of hydrogen-bond acceptors (Lipinski definition) is 16. The molecule has 2 amide bonds. The maximum absolute atomic E-state index is 13.5. The molecule has 19 nitrogen and oxygen atoms in total. The lowest BCUT2D eigenvalue weighted by Gasteiger charge is -2.19. The monoisotopic (exact) mass is 982 g/mol. The molecule has 2 heterocycles. The van der Waals surface area contributed by atoms with E-state index < -0.39 is 17.7 Å². The maximum Gasteiger partial charge on any atom is 0.407 e. The molecule has 0 aliphatic carbocycles. The number of aryl methyl sites for hydroxylation is 1. The third kappa shape index (κ3) is 20.3. The molecule has 0 bridgehead atoms. The minimum Gasteiger partial charge on any atom is -0.497 e. The van der Waals surface area contributed by atoms with Gasteiger partial charge in [-0.15, -0.1) is 10.2 Å². The van der Waals surface area contributed by atoms with Crippen molar-refractivity contribution in [2.45, 2.75) is 45.8 Å². The van der Waals surface area contributed by atoms with Crippen LogP contribution in [0.5, 0.6) is 11.5 Å². The number of aliphatic imine (C=N–C) groups is 1. The van der Waals surface area contributed by atoms with E-state index in [9.17, 15) is 9.59 Å². The first-order valence-corrected chi connectivity index (χ1v) is 23.4. The molecule has 1 aliphatic heterocycles. The van der Waals surface area contributed by atoms with Gasteiger partial charge < -0.3 is 62.7 Å². The van der Waals surface area contributed by atoms with E-state index in [1.54, 1.807) is 31.4 Å². The van der Waals surface area contributed by atoms with Crippen molar-refractivity contribution in [1.82, 2.24) is 20.1 Å². The van der Waals surface area contributed by atoms with Gasteiger partial charge in [-0.1, -0.05) is 23.7 Å². The number of ether oxygens (including phenoxy) is 11. The van der Waals surface area contributed by atoms with Crippen molar-refractivity contribution < 1.29 is 61.7 Å². The first-order chi connectivity index (χ1) is 33.5. The largest absolute Gasteiger partial charge is 0.497 e. The molecule has 378 valence electrons. The maximum atomic E-state index is 13.5. The van der Waals surface area contributed by atoms with Gasteiger partial charge in [0.2, 0.25) is 5.91 Å². The van der Waals surface area contributed by atoms with Crippen LogP contribution >= 0.6 is 11.6 Å². The van der Waals surface area contributed by atoms with Crippen LogP contribution in [0.2, 0.25) is 5.02 Å². The van der Waals surface area contributed by atoms with E-state index in [4.69, 9.17) is 68.7 Å². The smallest absolute Gasteiger partial charge is 0.407 e. The number of aromatic nitrogens is 3. The van der Waals surface area contributed by atoms with Crippen molar-refractivity contribution in [2.24, 2.45) is 4.99 Å². The van der Waals surface area contributed by atoms with E-state index in [0.717, 1.165) is 16.8 Å². The second-order valence-corrected chi connectivity index (χ2v) is 16.7. The Morgan fingerprint density at radius 3 is 1.68 bits per heavy atom. The Morgan fingerprint density at radius 1 is 0.652 bits per heavy atom. The summed E-state index contributed by atoms with van der Waals surface area (Å²) in [6.45, 7) is 15.1. The number of anilines is 1. The van der Waals surface area contributed by atoms with E-state index in [-0.39, 0.29) is 12.3 Å². The molecular weight excluding hydrogens is 916 g/mol. The molecule has 5 rings (SSSR count). The zero-order valence-electron chi connectivity index (χ0n) is 40.3. The van der Waals surface area contributed by atoms with Gasteiger partial charge in [-0.2, -0.15) is 0 Å². The Kier molecular flexibility index (Phi) is 24.1. The van der Waals surface area contributed by atoms with Crippen LogP contribution in [0.3, 0.4) is 0 Å². The fraction of sp³-hybridized carbons (Fsp3) is 0.531. The van der Waals surface area contributed by atoms with Crippen LogP contribution in [0.1, 0.15) is 56.0 Å². The van der Waals surface area contributed by atoms with Gasteiger partial charge in [-0.25, -0.2) is 4.79 Å². The standard InChI is InChI=1S/C49H67ClN6O13/c1-36-54-55-47-43(53-46(37-6-8-38(50)9-7-37)42-34-41(59-5)14-15-44(42)56(36)47)35-45(57)52-39-10-12-40(13-11-39)68-33-32-67-31-30-66-29-28-65-27-26-64-25-24-63-23-22-62-21-20-61-19-18-60-17-16-51-48(58)69-49(2,3)4/h6-15,34,43H,16-33,35H2,1-5H3,(H,51,58)(H,52,57)/t43-/m1/s1. The molecule has 0 saturated carbocycles. The molecule has 20 heteroatoms. The van der Waals surface area contributed by atoms with Crippen molar-refractivity contribution in [1.29, 1.82) is 0 Å². The normalized spacial score (nSPS) is 13.2. The van der Waals surface area contributed by atoms with Crippen LogP contribution in [-0.2, 0) is 47.4 Å². The number of benzene rings is 3. The lowest BCUT2D eigenvalue weighted by atomic mass is 10.00. The predicted molar refractivity (Wildman–Crippen MR) is 258 cm³/mol. The highest BCUT2D eigenvalue weighted by molar-refractivity contribution is 6.30. The van der Waals surface area contributed by atoms with Gasteiger partial charge in [0.25, 0.3) is 0 Å². The van der Waals surface area contributed by atoms with Crippen molar-refractivity contribution in [2.75, 3.05) is 131 Å². The van der Waals surface area contributed by atoms with Gasteiger partial charge in [0.15, 0.2) is 5.82 Å². The van der Waals surface area contributed by atoms with Gasteiger partial charge in [0.05, 0.1) is 131 Å². The topological polar surface area (TPSA) is 203 Å². The molecule has 3 aromatic carbocycles. The first kappa shape index (κ1) is 54.7. The van der Waals surface area contributed by atoms with Gasteiger partial charge in [-0.05, 0) is 82.3 Å². The van der Waals surface area contributed by atoms with E-state index in [1.807, 2.05) is 74.7 Å². The second-order valence-electron chi connectivity index (χ2n) is 16.3. The number of carbonyl (C=O) groups is 2. The molecule has 4 aromatic rings. The van der Waals surface area contributed by atoms with Crippen molar-refractivity contribution in [3.63, 3.8) is 0 Å². The highest BCUT2D eigenvalue weighted by Crippen LogP contribution is 2.35. The molecular formula is C49H67ClN6O13. The van der Waals surface area contributed by atoms with Crippen LogP contribution in [0.4, 0.5) is 10.5 Å². The van der Waals surface area contributed by atoms with Crippen LogP contribution in [-0.4, -0.2) is 164 Å². The third-order valence-electron chi connectivity index (χ3n) is 9.78. The van der Waals surface area contributed by atoms with Gasteiger partial charge in [0, 0.05) is 28.4 Å². The number of halogens is 1. The van der Waals surface area contributed by atoms with E-state index >= 15 is 0 Å². The lowest BCUT2D eigenvalue weighted by molar-refractivity contribution is -0.116. The van der Waals surface area contributed by atoms with Crippen LogP contribution < -0.4 is 20.1 Å². The number of nitrogens with one attached hydrogen (secondary N) is 2. The van der Waals surface area contributed by atoms with E-state index in [0.29, 0.717) is 158 Å². The van der Waals surface area contributed by atoms with Gasteiger partial charge in [-0.3, -0.25) is 14.4 Å². The van der Waals surface area contributed by atoms with E-state index in [2.05, 4.69) is 20.8 Å². The average Bonchev–Trinajstić information content (AvgIpc) is 3.65. The number of fused-ring (bicyclic) bond motifs is 3. The Balaban J connectivity index is 0.832. The minimum atomic E-state index is -0.633. The lowest BCUT2D eigenvalue weighted by Crippen LogP contribution is -2.34. The van der Waals surface area contributed by atoms with Crippen LogP contribution in [0.25, 0.3) is 5.69 Å². The van der Waals surface area contributed by atoms with Crippen LogP contribution in [0, 0.1) is 6.92 Å². The summed E-state index contributed by atoms with van der Waals surface area (Å²) in [5.74, 6) is 2.31. The summed E-state index contributed by atoms with van der Waals surface area (Å²) in [5.41, 5.74) is 3.28. The molecule has 1 atom stereocenters. The molecule has 2 N–H and O–H groups in total. The Labute approximate surface area is 409 Å². The summed E-state index contributed by atoms with van der Waals surface area (Å²) in [6, 6.07) is 19.7. The Hall–Kier alpha value is -5.22. The van der Waals surface area contributed by atoms with Crippen molar-refractivity contribution >= 4 is 35.0 Å². The van der Waals surface area contributed by atoms with Crippen LogP contribution in [0.15, 0.2) is 71.7 Å². The summed E-state index contributed by atoms with van der Waals surface area (Å²) >= 11 is 6.23. The fourth-order valence-corrected chi connectivity index (χ4v) is 6.72. The summed E-state index contributed by atoms with van der Waals surface area (Å²) in [5, 5.41) is 15.0. The number of nitrogens with zero attached hydrogens (tertiary/aromatic N) is 4. The predicted octanol–water partition coefficient (Wildman–Crippen LogP) is 6.19. The van der Waals surface area contributed by atoms with Crippen molar-refractivity contribution in [3.8, 4) is 17.2 Å². The molecule has 0 saturated heterocycles. The van der Waals surface area contributed by atoms with Gasteiger partial charge >= 0.3 is 6.09 Å². The summed E-state index contributed by atoms with van der Waals surface area (Å²) in [6.07, 6.45) is -0.436. The Morgan fingerprint density at radius 2 is 1.16 bits per heavy atom. The third-order valence-corrected chi connectivity index (χ3v) is 10.0. The first-order valence-electron chi connectivity index (χ1n) is 23.1. The fourth-order valence-electron chi connectivity index (χ4n) is 6.60.